The molecular weight excluding hydrogens is 458 g/mol. The van der Waals surface area contributed by atoms with Gasteiger partial charge in [-0.3, -0.25) is 19.2 Å². The van der Waals surface area contributed by atoms with E-state index in [1.807, 2.05) is 34.9 Å². The quantitative estimate of drug-likeness (QED) is 0.192. The molecule has 2 saturated carbocycles. The SMILES string of the molecule is C#CC(=O)C1(CC(=O)OC(C)(C)C)CC1.CCC.CN(C)/C=C/C(=O)C1(CC(=O)OC(C)(C)C)CC1. The Labute approximate surface area is 218 Å². The number of allylic oxidation sites excluding steroid dienone is 1. The molecule has 0 atom stereocenters. The Kier molecular flexibility index (Phi) is 12.6. The van der Waals surface area contributed by atoms with Crippen LogP contribution < -0.4 is 0 Å². The van der Waals surface area contributed by atoms with Gasteiger partial charge in [0, 0.05) is 25.7 Å². The number of esters is 2. The molecule has 2 rings (SSSR count). The zero-order valence-corrected chi connectivity index (χ0v) is 24.1. The Hall–Kier alpha value is -2.62. The van der Waals surface area contributed by atoms with Crippen LogP contribution in [0.5, 0.6) is 0 Å². The lowest BCUT2D eigenvalue weighted by molar-refractivity contribution is -0.158. The Balaban J connectivity index is 0.000000621. The lowest BCUT2D eigenvalue weighted by Crippen LogP contribution is -2.27. The van der Waals surface area contributed by atoms with Crippen molar-refractivity contribution < 1.29 is 28.7 Å². The largest absolute Gasteiger partial charge is 0.460 e. The summed E-state index contributed by atoms with van der Waals surface area (Å²) in [5, 5.41) is 0. The number of carbonyl (C=O) groups excluding carboxylic acids is 4. The van der Waals surface area contributed by atoms with E-state index in [1.54, 1.807) is 37.9 Å². The van der Waals surface area contributed by atoms with Gasteiger partial charge in [0.1, 0.15) is 11.2 Å². The second-order valence-electron chi connectivity index (χ2n) is 11.9. The number of ketones is 2. The number of Topliss-reactive ketones (excluding diaryl/α,β-unsaturated/α-hetero) is 1. The van der Waals surface area contributed by atoms with Crippen LogP contribution in [0.4, 0.5) is 0 Å². The first kappa shape index (κ1) is 33.4. The van der Waals surface area contributed by atoms with Crippen molar-refractivity contribution in [2.75, 3.05) is 14.1 Å². The van der Waals surface area contributed by atoms with E-state index in [2.05, 4.69) is 19.8 Å². The zero-order chi connectivity index (χ0) is 28.4. The number of nitrogens with zero attached hydrogens (tertiary/aromatic N) is 1. The number of hydrogen-bond donors (Lipinski definition) is 0. The summed E-state index contributed by atoms with van der Waals surface area (Å²) in [6, 6.07) is 0. The third-order valence-electron chi connectivity index (χ3n) is 5.17. The van der Waals surface area contributed by atoms with Crippen LogP contribution in [0.15, 0.2) is 12.3 Å². The molecule has 7 nitrogen and oxygen atoms in total. The van der Waals surface area contributed by atoms with Gasteiger partial charge in [-0.2, -0.15) is 0 Å². The molecule has 7 heteroatoms. The molecule has 204 valence electrons. The van der Waals surface area contributed by atoms with E-state index >= 15 is 0 Å². The van der Waals surface area contributed by atoms with Gasteiger partial charge < -0.3 is 14.4 Å². The van der Waals surface area contributed by atoms with E-state index < -0.39 is 22.0 Å². The molecule has 0 aliphatic heterocycles. The van der Waals surface area contributed by atoms with Gasteiger partial charge in [0.15, 0.2) is 5.78 Å². The van der Waals surface area contributed by atoms with Crippen LogP contribution in [0.2, 0.25) is 0 Å². The van der Waals surface area contributed by atoms with Crippen LogP contribution in [-0.2, 0) is 28.7 Å². The molecule has 2 aliphatic carbocycles. The minimum atomic E-state index is -0.600. The highest BCUT2D eigenvalue weighted by Crippen LogP contribution is 2.50. The normalized spacial score (nSPS) is 16.7. The molecule has 0 aromatic rings. The van der Waals surface area contributed by atoms with Crippen molar-refractivity contribution in [3.05, 3.63) is 12.3 Å². The molecule has 0 unspecified atom stereocenters. The van der Waals surface area contributed by atoms with Crippen molar-refractivity contribution in [1.82, 2.24) is 4.90 Å². The fourth-order valence-corrected chi connectivity index (χ4v) is 3.15. The number of hydrogen-bond acceptors (Lipinski definition) is 7. The van der Waals surface area contributed by atoms with Gasteiger partial charge in [0.2, 0.25) is 5.78 Å². The topological polar surface area (TPSA) is 90.0 Å². The Morgan fingerprint density at radius 1 is 0.833 bits per heavy atom. The fourth-order valence-electron chi connectivity index (χ4n) is 3.15. The lowest BCUT2D eigenvalue weighted by atomic mass is 9.96. The molecule has 0 aromatic carbocycles. The highest BCUT2D eigenvalue weighted by atomic mass is 16.6. The number of ether oxygens (including phenoxy) is 2. The first-order valence-corrected chi connectivity index (χ1v) is 12.7. The van der Waals surface area contributed by atoms with Crippen molar-refractivity contribution >= 4 is 23.5 Å². The van der Waals surface area contributed by atoms with E-state index in [0.717, 1.165) is 12.8 Å². The van der Waals surface area contributed by atoms with Crippen molar-refractivity contribution in [3.63, 3.8) is 0 Å². The standard InChI is InChI=1S/C14H23NO3.C12H16O3.C3H8/c1-13(2,3)18-12(17)10-14(7-8-14)11(16)6-9-15(4)5;1-5-9(13)12(6-7-12)8-10(14)15-11(2,3)4;1-3-2/h6,9H,7-8,10H2,1-5H3;1H,6-8H2,2-4H3;3H2,1-2H3/b9-6+;;. The van der Waals surface area contributed by atoms with E-state index in [9.17, 15) is 19.2 Å². The Morgan fingerprint density at radius 3 is 1.47 bits per heavy atom. The van der Waals surface area contributed by atoms with Crippen molar-refractivity contribution in [2.24, 2.45) is 10.8 Å². The third kappa shape index (κ3) is 13.5. The maximum Gasteiger partial charge on any atom is 0.307 e. The number of rotatable bonds is 8. The van der Waals surface area contributed by atoms with E-state index in [4.69, 9.17) is 15.9 Å². The smallest absolute Gasteiger partial charge is 0.307 e. The lowest BCUT2D eigenvalue weighted by Gasteiger charge is -2.21. The fraction of sp³-hybridized carbons (Fsp3) is 0.724. The summed E-state index contributed by atoms with van der Waals surface area (Å²) in [5.41, 5.74) is -2.09. The Bertz CT molecular complexity index is 840. The van der Waals surface area contributed by atoms with Crippen LogP contribution in [0.3, 0.4) is 0 Å². The second-order valence-corrected chi connectivity index (χ2v) is 11.9. The summed E-state index contributed by atoms with van der Waals surface area (Å²) < 4.78 is 10.4. The maximum absolute atomic E-state index is 12.0. The molecule has 0 amide bonds. The van der Waals surface area contributed by atoms with Crippen LogP contribution in [0.25, 0.3) is 0 Å². The van der Waals surface area contributed by atoms with Gasteiger partial charge >= 0.3 is 11.9 Å². The van der Waals surface area contributed by atoms with Gasteiger partial charge in [0.25, 0.3) is 0 Å². The van der Waals surface area contributed by atoms with Crippen molar-refractivity contribution in [2.45, 2.75) is 112 Å². The van der Waals surface area contributed by atoms with E-state index in [-0.39, 0.29) is 36.3 Å². The zero-order valence-electron chi connectivity index (χ0n) is 24.1. The highest BCUT2D eigenvalue weighted by molar-refractivity contribution is 6.03. The number of carbonyl (C=O) groups is 4. The molecule has 0 bridgehead atoms. The van der Waals surface area contributed by atoms with Crippen molar-refractivity contribution in [1.29, 1.82) is 0 Å². The molecule has 36 heavy (non-hydrogen) atoms. The summed E-state index contributed by atoms with van der Waals surface area (Å²) in [4.78, 5) is 48.4. The minimum Gasteiger partial charge on any atom is -0.460 e. The third-order valence-corrected chi connectivity index (χ3v) is 5.17. The van der Waals surface area contributed by atoms with Crippen LogP contribution >= 0.6 is 0 Å². The Morgan fingerprint density at radius 2 is 1.19 bits per heavy atom. The molecular formula is C29H47NO6. The van der Waals surface area contributed by atoms with Gasteiger partial charge in [-0.25, -0.2) is 0 Å². The molecule has 2 fully saturated rings. The summed E-state index contributed by atoms with van der Waals surface area (Å²) in [7, 11) is 3.72. The van der Waals surface area contributed by atoms with E-state index in [1.165, 1.54) is 6.42 Å². The molecule has 0 radical (unpaired) electrons. The van der Waals surface area contributed by atoms with Gasteiger partial charge in [-0.05, 0) is 79.2 Å². The molecule has 0 spiro atoms. The van der Waals surface area contributed by atoms with Crippen LogP contribution in [-0.4, -0.2) is 53.7 Å². The molecule has 0 N–H and O–H groups in total. The van der Waals surface area contributed by atoms with Crippen molar-refractivity contribution in [3.8, 4) is 12.3 Å². The van der Waals surface area contributed by atoms with Gasteiger partial charge in [0.05, 0.1) is 18.3 Å². The maximum atomic E-state index is 12.0. The highest BCUT2D eigenvalue weighted by Gasteiger charge is 2.51. The number of terminal acetylenes is 1. The average Bonchev–Trinajstić information content (AvgIpc) is 3.61. The summed E-state index contributed by atoms with van der Waals surface area (Å²) in [5.74, 6) is 1.22. The van der Waals surface area contributed by atoms with Gasteiger partial charge in [-0.1, -0.05) is 20.3 Å². The van der Waals surface area contributed by atoms with Crippen LogP contribution in [0.1, 0.15) is 100 Å². The molecule has 0 aromatic heterocycles. The average molecular weight is 506 g/mol. The minimum absolute atomic E-state index is 0.0297. The molecule has 0 saturated heterocycles. The monoisotopic (exact) mass is 505 g/mol. The van der Waals surface area contributed by atoms with Crippen LogP contribution in [0, 0.1) is 23.2 Å². The molecule has 2 aliphatic rings. The summed E-state index contributed by atoms with van der Waals surface area (Å²) in [6.07, 6.45) is 12.9. The predicted molar refractivity (Wildman–Crippen MR) is 142 cm³/mol. The van der Waals surface area contributed by atoms with Gasteiger partial charge in [-0.15, -0.1) is 6.42 Å². The summed E-state index contributed by atoms with van der Waals surface area (Å²) >= 11 is 0. The predicted octanol–water partition coefficient (Wildman–Crippen LogP) is 5.26. The summed E-state index contributed by atoms with van der Waals surface area (Å²) in [6.45, 7) is 15.1. The first-order valence-electron chi connectivity index (χ1n) is 12.7. The molecule has 0 heterocycles. The second kappa shape index (κ2) is 13.6. The first-order chi connectivity index (χ1) is 16.3. The van der Waals surface area contributed by atoms with E-state index in [0.29, 0.717) is 12.8 Å².